The summed E-state index contributed by atoms with van der Waals surface area (Å²) in [7, 11) is 0. The fraction of sp³-hybridized carbons (Fsp3) is 0.417. The van der Waals surface area contributed by atoms with Crippen LogP contribution in [-0.2, 0) is 0 Å². The van der Waals surface area contributed by atoms with Crippen LogP contribution in [0.25, 0.3) is 0 Å². The summed E-state index contributed by atoms with van der Waals surface area (Å²) in [4.78, 5) is 11.6. The van der Waals surface area contributed by atoms with E-state index in [4.69, 9.17) is 5.11 Å². The summed E-state index contributed by atoms with van der Waals surface area (Å²) in [6, 6.07) is 4.72. The highest BCUT2D eigenvalue weighted by atomic mass is 16.3. The predicted molar refractivity (Wildman–Crippen MR) is 61.5 cm³/mol. The molecule has 0 aliphatic rings. The Morgan fingerprint density at radius 2 is 2.12 bits per heavy atom. The summed E-state index contributed by atoms with van der Waals surface area (Å²) in [6.07, 6.45) is 0.0926. The molecule has 0 spiro atoms. The largest absolute Gasteiger partial charge is 0.508 e. The number of phenolic OH excluding ortho intramolecular Hbond substituents is 1. The molecule has 0 aliphatic carbocycles. The number of aromatic hydroxyl groups is 1. The van der Waals surface area contributed by atoms with Crippen LogP contribution in [0.1, 0.15) is 29.3 Å². The van der Waals surface area contributed by atoms with E-state index in [1.165, 1.54) is 6.07 Å². The minimum Gasteiger partial charge on any atom is -0.508 e. The molecule has 1 amide bonds. The number of benzene rings is 1. The third kappa shape index (κ3) is 3.90. The highest BCUT2D eigenvalue weighted by Gasteiger charge is 2.07. The Balaban J connectivity index is 2.59. The molecular formula is C12H17NO3. The second-order valence-corrected chi connectivity index (χ2v) is 3.95. The maximum Gasteiger partial charge on any atom is 0.251 e. The topological polar surface area (TPSA) is 69.6 Å². The van der Waals surface area contributed by atoms with Crippen molar-refractivity contribution in [3.05, 3.63) is 29.3 Å². The first kappa shape index (κ1) is 12.5. The van der Waals surface area contributed by atoms with Gasteiger partial charge in [-0.1, -0.05) is 0 Å². The van der Waals surface area contributed by atoms with E-state index in [1.807, 2.05) is 6.92 Å². The van der Waals surface area contributed by atoms with Gasteiger partial charge in [0.15, 0.2) is 0 Å². The van der Waals surface area contributed by atoms with Crippen molar-refractivity contribution < 1.29 is 15.0 Å². The molecule has 0 saturated heterocycles. The van der Waals surface area contributed by atoms with Crippen molar-refractivity contribution in [2.45, 2.75) is 26.4 Å². The van der Waals surface area contributed by atoms with E-state index in [0.717, 1.165) is 5.56 Å². The molecule has 0 radical (unpaired) electrons. The number of aliphatic hydroxyl groups is 1. The van der Waals surface area contributed by atoms with Crippen molar-refractivity contribution >= 4 is 5.91 Å². The summed E-state index contributed by atoms with van der Waals surface area (Å²) < 4.78 is 0. The van der Waals surface area contributed by atoms with Gasteiger partial charge in [0.05, 0.1) is 6.10 Å². The van der Waals surface area contributed by atoms with Gasteiger partial charge in [0.1, 0.15) is 5.75 Å². The van der Waals surface area contributed by atoms with E-state index in [1.54, 1.807) is 19.1 Å². The first-order chi connectivity index (χ1) is 7.49. The zero-order valence-corrected chi connectivity index (χ0v) is 9.53. The number of rotatable bonds is 4. The molecule has 1 atom stereocenters. The monoisotopic (exact) mass is 223 g/mol. The number of hydrogen-bond acceptors (Lipinski definition) is 3. The van der Waals surface area contributed by atoms with E-state index in [0.29, 0.717) is 18.5 Å². The van der Waals surface area contributed by atoms with Crippen molar-refractivity contribution in [1.29, 1.82) is 0 Å². The zero-order chi connectivity index (χ0) is 12.1. The lowest BCUT2D eigenvalue weighted by Crippen LogP contribution is -2.26. The van der Waals surface area contributed by atoms with Gasteiger partial charge in [-0.3, -0.25) is 4.79 Å². The quantitative estimate of drug-likeness (QED) is 0.718. The van der Waals surface area contributed by atoms with Crippen LogP contribution in [0.3, 0.4) is 0 Å². The Morgan fingerprint density at radius 1 is 1.44 bits per heavy atom. The first-order valence-electron chi connectivity index (χ1n) is 5.26. The summed E-state index contributed by atoms with van der Waals surface area (Å²) in [6.45, 7) is 3.90. The predicted octanol–water partition coefficient (Wildman–Crippen LogP) is 1.20. The van der Waals surface area contributed by atoms with Crippen molar-refractivity contribution in [1.82, 2.24) is 5.32 Å². The van der Waals surface area contributed by atoms with E-state index >= 15 is 0 Å². The van der Waals surface area contributed by atoms with Gasteiger partial charge >= 0.3 is 0 Å². The lowest BCUT2D eigenvalue weighted by molar-refractivity contribution is 0.0945. The number of nitrogens with one attached hydrogen (secondary N) is 1. The van der Waals surface area contributed by atoms with E-state index in [2.05, 4.69) is 5.32 Å². The van der Waals surface area contributed by atoms with Gasteiger partial charge in [-0.25, -0.2) is 0 Å². The molecule has 4 nitrogen and oxygen atoms in total. The molecular weight excluding hydrogens is 206 g/mol. The summed E-state index contributed by atoms with van der Waals surface area (Å²) in [5, 5.41) is 21.0. The van der Waals surface area contributed by atoms with Crippen LogP contribution < -0.4 is 5.32 Å². The van der Waals surface area contributed by atoms with Crippen LogP contribution in [-0.4, -0.2) is 28.8 Å². The summed E-state index contributed by atoms with van der Waals surface area (Å²) in [5.74, 6) is -0.152. The lowest BCUT2D eigenvalue weighted by Gasteiger charge is -2.07. The Labute approximate surface area is 94.9 Å². The first-order valence-corrected chi connectivity index (χ1v) is 5.26. The average molecular weight is 223 g/mol. The fourth-order valence-electron chi connectivity index (χ4n) is 1.39. The van der Waals surface area contributed by atoms with E-state index in [9.17, 15) is 9.90 Å². The Morgan fingerprint density at radius 3 is 2.69 bits per heavy atom. The number of phenols is 1. The molecule has 1 aromatic carbocycles. The van der Waals surface area contributed by atoms with Crippen LogP contribution in [0.5, 0.6) is 5.75 Å². The molecule has 0 heterocycles. The van der Waals surface area contributed by atoms with E-state index in [-0.39, 0.29) is 11.7 Å². The SMILES string of the molecule is Cc1cc(O)cc(C(=O)NCCC(C)O)c1. The number of aliphatic hydroxyl groups excluding tert-OH is 1. The summed E-state index contributed by atoms with van der Waals surface area (Å²) >= 11 is 0. The van der Waals surface area contributed by atoms with Gasteiger partial charge in [0.2, 0.25) is 0 Å². The van der Waals surface area contributed by atoms with Crippen LogP contribution >= 0.6 is 0 Å². The van der Waals surface area contributed by atoms with Crippen molar-refractivity contribution in [2.75, 3.05) is 6.54 Å². The molecule has 0 bridgehead atoms. The molecule has 0 aromatic heterocycles. The van der Waals surface area contributed by atoms with Crippen LogP contribution in [0.4, 0.5) is 0 Å². The molecule has 16 heavy (non-hydrogen) atoms. The maximum absolute atomic E-state index is 11.6. The Kier molecular flexibility index (Phi) is 4.31. The molecule has 4 heteroatoms. The Hall–Kier alpha value is -1.55. The molecule has 88 valence electrons. The fourth-order valence-corrected chi connectivity index (χ4v) is 1.39. The molecule has 0 fully saturated rings. The van der Waals surface area contributed by atoms with Crippen LogP contribution in [0, 0.1) is 6.92 Å². The van der Waals surface area contributed by atoms with Crippen molar-refractivity contribution in [3.63, 3.8) is 0 Å². The highest BCUT2D eigenvalue weighted by molar-refractivity contribution is 5.94. The normalized spacial score (nSPS) is 12.2. The van der Waals surface area contributed by atoms with Crippen LogP contribution in [0.2, 0.25) is 0 Å². The minimum absolute atomic E-state index is 0.0840. The molecule has 3 N–H and O–H groups in total. The van der Waals surface area contributed by atoms with Gasteiger partial charge < -0.3 is 15.5 Å². The number of amides is 1. The third-order valence-corrected chi connectivity index (χ3v) is 2.17. The Bertz CT molecular complexity index is 354. The minimum atomic E-state index is -0.425. The molecule has 0 saturated carbocycles. The van der Waals surface area contributed by atoms with Gasteiger partial charge in [0.25, 0.3) is 5.91 Å². The molecule has 1 unspecified atom stereocenters. The van der Waals surface area contributed by atoms with Crippen molar-refractivity contribution in [3.8, 4) is 5.75 Å². The molecule has 1 rings (SSSR count). The standard InChI is InChI=1S/C12H17NO3/c1-8-5-10(7-11(15)6-8)12(16)13-4-3-9(2)14/h5-7,9,14-15H,3-4H2,1-2H3,(H,13,16). The van der Waals surface area contributed by atoms with Crippen molar-refractivity contribution in [2.24, 2.45) is 0 Å². The van der Waals surface area contributed by atoms with Gasteiger partial charge in [-0.15, -0.1) is 0 Å². The van der Waals surface area contributed by atoms with Gasteiger partial charge in [0, 0.05) is 12.1 Å². The van der Waals surface area contributed by atoms with Crippen LogP contribution in [0.15, 0.2) is 18.2 Å². The van der Waals surface area contributed by atoms with Gasteiger partial charge in [-0.05, 0) is 44.0 Å². The lowest BCUT2D eigenvalue weighted by atomic mass is 10.1. The van der Waals surface area contributed by atoms with Gasteiger partial charge in [-0.2, -0.15) is 0 Å². The molecule has 0 aliphatic heterocycles. The highest BCUT2D eigenvalue weighted by Crippen LogP contribution is 2.14. The number of aryl methyl sites for hydroxylation is 1. The average Bonchev–Trinajstić information content (AvgIpc) is 2.15. The number of carbonyl (C=O) groups is 1. The van der Waals surface area contributed by atoms with E-state index < -0.39 is 6.10 Å². The third-order valence-electron chi connectivity index (χ3n) is 2.17. The second-order valence-electron chi connectivity index (χ2n) is 3.95. The smallest absolute Gasteiger partial charge is 0.251 e. The summed E-state index contributed by atoms with van der Waals surface area (Å²) in [5.41, 5.74) is 1.27. The maximum atomic E-state index is 11.6. The second kappa shape index (κ2) is 5.51. The molecule has 1 aromatic rings. The number of carbonyl (C=O) groups excluding carboxylic acids is 1. The zero-order valence-electron chi connectivity index (χ0n) is 9.53. The number of hydrogen-bond donors (Lipinski definition) is 3.